The van der Waals surface area contributed by atoms with Gasteiger partial charge in [0.05, 0.1) is 12.1 Å². The monoisotopic (exact) mass is 341 g/mol. The zero-order chi connectivity index (χ0) is 18.0. The van der Waals surface area contributed by atoms with E-state index in [0.717, 1.165) is 17.7 Å². The van der Waals surface area contributed by atoms with E-state index in [1.807, 2.05) is 38.5 Å². The number of carbonyl (C=O) groups is 2. The fourth-order valence-electron chi connectivity index (χ4n) is 3.20. The fraction of sp³-hybridized carbons (Fsp3) is 0.389. The summed E-state index contributed by atoms with van der Waals surface area (Å²) in [5.74, 6) is -0.219. The van der Waals surface area contributed by atoms with Crippen LogP contribution in [-0.2, 0) is 16.6 Å². The van der Waals surface area contributed by atoms with Crippen molar-refractivity contribution in [2.24, 2.45) is 13.0 Å². The summed E-state index contributed by atoms with van der Waals surface area (Å²) in [5.41, 5.74) is 3.40. The summed E-state index contributed by atoms with van der Waals surface area (Å²) in [6.07, 6.45) is 3.78. The SMILES string of the molecule is CC(=O)Nc1cc(NC(=O)[C@H]2CNC[C@@H]2c2cnn(C)c2)ccc1C. The van der Waals surface area contributed by atoms with E-state index in [1.54, 1.807) is 10.7 Å². The lowest BCUT2D eigenvalue weighted by molar-refractivity contribution is -0.119. The van der Waals surface area contributed by atoms with Crippen LogP contribution >= 0.6 is 0 Å². The van der Waals surface area contributed by atoms with E-state index in [9.17, 15) is 9.59 Å². The zero-order valence-corrected chi connectivity index (χ0v) is 14.7. The van der Waals surface area contributed by atoms with Crippen molar-refractivity contribution in [2.75, 3.05) is 23.7 Å². The van der Waals surface area contributed by atoms with Gasteiger partial charge in [-0.2, -0.15) is 5.10 Å². The molecule has 7 heteroatoms. The molecule has 0 unspecified atom stereocenters. The molecule has 0 aliphatic carbocycles. The molecule has 2 atom stereocenters. The lowest BCUT2D eigenvalue weighted by Gasteiger charge is -2.18. The molecule has 1 aliphatic rings. The van der Waals surface area contributed by atoms with E-state index < -0.39 is 0 Å². The Morgan fingerprint density at radius 1 is 1.28 bits per heavy atom. The third-order valence-electron chi connectivity index (χ3n) is 4.52. The highest BCUT2D eigenvalue weighted by Gasteiger charge is 2.34. The van der Waals surface area contributed by atoms with E-state index in [0.29, 0.717) is 17.9 Å². The van der Waals surface area contributed by atoms with Crippen molar-refractivity contribution in [3.63, 3.8) is 0 Å². The van der Waals surface area contributed by atoms with Gasteiger partial charge in [-0.3, -0.25) is 14.3 Å². The molecule has 1 fully saturated rings. The molecule has 3 N–H and O–H groups in total. The third-order valence-corrected chi connectivity index (χ3v) is 4.52. The van der Waals surface area contributed by atoms with Crippen molar-refractivity contribution in [1.29, 1.82) is 0 Å². The Morgan fingerprint density at radius 3 is 2.76 bits per heavy atom. The number of hydrogen-bond acceptors (Lipinski definition) is 4. The summed E-state index contributed by atoms with van der Waals surface area (Å²) in [5, 5.41) is 13.2. The summed E-state index contributed by atoms with van der Waals surface area (Å²) in [7, 11) is 1.87. The Kier molecular flexibility index (Phi) is 4.85. The number of aromatic nitrogens is 2. The quantitative estimate of drug-likeness (QED) is 0.789. The predicted octanol–water partition coefficient (Wildman–Crippen LogP) is 1.63. The second-order valence-electron chi connectivity index (χ2n) is 6.52. The molecule has 1 aliphatic heterocycles. The maximum absolute atomic E-state index is 12.8. The molecule has 0 spiro atoms. The molecule has 1 saturated heterocycles. The zero-order valence-electron chi connectivity index (χ0n) is 14.7. The molecule has 2 aromatic rings. The van der Waals surface area contributed by atoms with Crippen LogP contribution < -0.4 is 16.0 Å². The van der Waals surface area contributed by atoms with Crippen molar-refractivity contribution in [2.45, 2.75) is 19.8 Å². The summed E-state index contributed by atoms with van der Waals surface area (Å²) >= 11 is 0. The Labute approximate surface area is 146 Å². The summed E-state index contributed by atoms with van der Waals surface area (Å²) in [6, 6.07) is 5.52. The highest BCUT2D eigenvalue weighted by atomic mass is 16.2. The maximum Gasteiger partial charge on any atom is 0.229 e. The summed E-state index contributed by atoms with van der Waals surface area (Å²) in [4.78, 5) is 24.1. The number of benzene rings is 1. The molecule has 0 radical (unpaired) electrons. The van der Waals surface area contributed by atoms with Crippen LogP contribution in [0.5, 0.6) is 0 Å². The normalized spacial score (nSPS) is 19.6. The van der Waals surface area contributed by atoms with Gasteiger partial charge in [0.15, 0.2) is 0 Å². The van der Waals surface area contributed by atoms with Crippen LogP contribution in [0.1, 0.15) is 24.0 Å². The topological polar surface area (TPSA) is 88.1 Å². The molecule has 3 rings (SSSR count). The second kappa shape index (κ2) is 7.06. The van der Waals surface area contributed by atoms with Gasteiger partial charge in [0.2, 0.25) is 11.8 Å². The molecule has 0 saturated carbocycles. The summed E-state index contributed by atoms with van der Waals surface area (Å²) < 4.78 is 1.75. The van der Waals surface area contributed by atoms with Gasteiger partial charge < -0.3 is 16.0 Å². The van der Waals surface area contributed by atoms with Crippen LogP contribution in [-0.4, -0.2) is 34.7 Å². The smallest absolute Gasteiger partial charge is 0.229 e. The van der Waals surface area contributed by atoms with Crippen molar-refractivity contribution >= 4 is 23.2 Å². The number of nitrogens with zero attached hydrogens (tertiary/aromatic N) is 2. The highest BCUT2D eigenvalue weighted by molar-refractivity contribution is 5.95. The number of carbonyl (C=O) groups excluding carboxylic acids is 2. The van der Waals surface area contributed by atoms with Gasteiger partial charge in [-0.15, -0.1) is 0 Å². The van der Waals surface area contributed by atoms with E-state index in [2.05, 4.69) is 21.0 Å². The predicted molar refractivity (Wildman–Crippen MR) is 96.4 cm³/mol. The fourth-order valence-corrected chi connectivity index (χ4v) is 3.20. The van der Waals surface area contributed by atoms with Gasteiger partial charge in [0.25, 0.3) is 0 Å². The highest BCUT2D eigenvalue weighted by Crippen LogP contribution is 2.29. The second-order valence-corrected chi connectivity index (χ2v) is 6.52. The number of anilines is 2. The number of aryl methyl sites for hydroxylation is 2. The first-order valence-electron chi connectivity index (χ1n) is 8.32. The Balaban J connectivity index is 1.74. The van der Waals surface area contributed by atoms with Crippen LogP contribution in [0.2, 0.25) is 0 Å². The molecule has 1 aromatic heterocycles. The van der Waals surface area contributed by atoms with Gasteiger partial charge in [0.1, 0.15) is 0 Å². The Hall–Kier alpha value is -2.67. The third kappa shape index (κ3) is 3.88. The van der Waals surface area contributed by atoms with Crippen LogP contribution in [0.3, 0.4) is 0 Å². The number of nitrogens with one attached hydrogen (secondary N) is 3. The van der Waals surface area contributed by atoms with Crippen LogP contribution in [0.4, 0.5) is 11.4 Å². The van der Waals surface area contributed by atoms with Crippen molar-refractivity contribution in [3.05, 3.63) is 41.7 Å². The molecule has 0 bridgehead atoms. The number of amides is 2. The van der Waals surface area contributed by atoms with Crippen LogP contribution in [0.25, 0.3) is 0 Å². The lowest BCUT2D eigenvalue weighted by Crippen LogP contribution is -2.28. The average molecular weight is 341 g/mol. The molecular weight excluding hydrogens is 318 g/mol. The minimum Gasteiger partial charge on any atom is -0.326 e. The molecule has 2 heterocycles. The molecule has 7 nitrogen and oxygen atoms in total. The average Bonchev–Trinajstić information content (AvgIpc) is 3.18. The van der Waals surface area contributed by atoms with Gasteiger partial charge in [-0.05, 0) is 30.2 Å². The first-order chi connectivity index (χ1) is 11.9. The van der Waals surface area contributed by atoms with E-state index in [4.69, 9.17) is 0 Å². The van der Waals surface area contributed by atoms with Crippen LogP contribution in [0, 0.1) is 12.8 Å². The van der Waals surface area contributed by atoms with Gasteiger partial charge in [0, 0.05) is 50.6 Å². The minimum absolute atomic E-state index is 0.0310. The molecule has 2 amide bonds. The van der Waals surface area contributed by atoms with Crippen molar-refractivity contribution in [3.8, 4) is 0 Å². The number of hydrogen-bond donors (Lipinski definition) is 3. The van der Waals surface area contributed by atoms with E-state index >= 15 is 0 Å². The van der Waals surface area contributed by atoms with Gasteiger partial charge in [-0.25, -0.2) is 0 Å². The van der Waals surface area contributed by atoms with E-state index in [-0.39, 0.29) is 23.7 Å². The standard InChI is InChI=1S/C18H23N5O2/c1-11-4-5-14(6-17(11)21-12(2)24)22-18(25)16-9-19-8-15(16)13-7-20-23(3)10-13/h4-7,10,15-16,19H,8-9H2,1-3H3,(H,21,24)(H,22,25)/t15-,16+/m1/s1. The van der Waals surface area contributed by atoms with E-state index in [1.165, 1.54) is 6.92 Å². The first kappa shape index (κ1) is 17.2. The van der Waals surface area contributed by atoms with Gasteiger partial charge >= 0.3 is 0 Å². The minimum atomic E-state index is -0.158. The van der Waals surface area contributed by atoms with Crippen LogP contribution in [0.15, 0.2) is 30.6 Å². The molecule has 25 heavy (non-hydrogen) atoms. The van der Waals surface area contributed by atoms with Gasteiger partial charge in [-0.1, -0.05) is 6.07 Å². The Morgan fingerprint density at radius 2 is 2.08 bits per heavy atom. The lowest BCUT2D eigenvalue weighted by atomic mass is 9.90. The van der Waals surface area contributed by atoms with Crippen molar-refractivity contribution < 1.29 is 9.59 Å². The first-order valence-corrected chi connectivity index (χ1v) is 8.32. The summed E-state index contributed by atoms with van der Waals surface area (Å²) in [6.45, 7) is 4.77. The number of rotatable bonds is 4. The molecule has 132 valence electrons. The largest absolute Gasteiger partial charge is 0.326 e. The Bertz CT molecular complexity index is 799. The van der Waals surface area contributed by atoms with Crippen molar-refractivity contribution in [1.82, 2.24) is 15.1 Å². The molecular formula is C18H23N5O2. The maximum atomic E-state index is 12.8. The molecule has 1 aromatic carbocycles.